The molecule has 10 heteroatoms. The molecule has 0 N–H and O–H groups in total. The van der Waals surface area contributed by atoms with Gasteiger partial charge in [-0.3, -0.25) is 4.79 Å². The van der Waals surface area contributed by atoms with Crippen molar-refractivity contribution in [3.63, 3.8) is 0 Å². The number of hydrogen-bond donors (Lipinski definition) is 0. The van der Waals surface area contributed by atoms with Crippen LogP contribution in [0.4, 0.5) is 0 Å². The number of nitrogens with zero attached hydrogens (tertiary/aromatic N) is 4. The fourth-order valence-electron chi connectivity index (χ4n) is 2.68. The average molecular weight is 449 g/mol. The van der Waals surface area contributed by atoms with Crippen molar-refractivity contribution in [2.75, 3.05) is 19.8 Å². The second-order valence-corrected chi connectivity index (χ2v) is 9.20. The number of likely N-dealkylation sites (N-methyl/N-ethyl adjacent to an activating group) is 1. The summed E-state index contributed by atoms with van der Waals surface area (Å²) in [5, 5.41) is 4.51. The number of carbonyl (C=O) groups excluding carboxylic acids is 1. The molecule has 0 saturated carbocycles. The van der Waals surface area contributed by atoms with Crippen LogP contribution in [0, 0.1) is 0 Å². The summed E-state index contributed by atoms with van der Waals surface area (Å²) in [5.74, 6) is 0.233. The highest BCUT2D eigenvalue weighted by molar-refractivity contribution is 7.88. The molecule has 3 aromatic rings. The predicted octanol–water partition coefficient (Wildman–Crippen LogP) is 2.81. The SMILES string of the molecule is CN(Cc1nc(-c2ccc(Cl)cc2)no1)C(=O)CN(Cc1ccccc1)S(C)(=O)=O. The van der Waals surface area contributed by atoms with Crippen molar-refractivity contribution in [1.29, 1.82) is 0 Å². The van der Waals surface area contributed by atoms with E-state index in [1.807, 2.05) is 30.3 Å². The Balaban J connectivity index is 1.65. The van der Waals surface area contributed by atoms with E-state index in [9.17, 15) is 13.2 Å². The van der Waals surface area contributed by atoms with Crippen molar-refractivity contribution in [3.05, 3.63) is 71.1 Å². The molecule has 8 nitrogen and oxygen atoms in total. The average Bonchev–Trinajstić information content (AvgIpc) is 3.16. The van der Waals surface area contributed by atoms with Crippen molar-refractivity contribution in [2.24, 2.45) is 0 Å². The fourth-order valence-corrected chi connectivity index (χ4v) is 3.53. The van der Waals surface area contributed by atoms with Crippen molar-refractivity contribution >= 4 is 27.5 Å². The third-order valence-corrected chi connectivity index (χ3v) is 5.80. The van der Waals surface area contributed by atoms with E-state index in [2.05, 4.69) is 10.1 Å². The first-order valence-electron chi connectivity index (χ1n) is 9.04. The Morgan fingerprint density at radius 1 is 1.07 bits per heavy atom. The molecule has 0 spiro atoms. The molecule has 0 atom stereocenters. The minimum atomic E-state index is -3.58. The van der Waals surface area contributed by atoms with Gasteiger partial charge in [-0.25, -0.2) is 8.42 Å². The van der Waals surface area contributed by atoms with E-state index in [1.54, 1.807) is 31.3 Å². The van der Waals surface area contributed by atoms with Gasteiger partial charge in [0, 0.05) is 24.2 Å². The third kappa shape index (κ3) is 5.88. The second-order valence-electron chi connectivity index (χ2n) is 6.79. The molecule has 0 saturated heterocycles. The molecule has 3 rings (SSSR count). The van der Waals surface area contributed by atoms with Crippen LogP contribution in [0.25, 0.3) is 11.4 Å². The van der Waals surface area contributed by atoms with Gasteiger partial charge < -0.3 is 9.42 Å². The van der Waals surface area contributed by atoms with E-state index in [0.717, 1.165) is 21.7 Å². The number of aromatic nitrogens is 2. The van der Waals surface area contributed by atoms with Gasteiger partial charge in [0.1, 0.15) is 0 Å². The van der Waals surface area contributed by atoms with Crippen LogP contribution in [0.1, 0.15) is 11.5 Å². The molecule has 158 valence electrons. The maximum absolute atomic E-state index is 12.6. The van der Waals surface area contributed by atoms with Crippen LogP contribution in [-0.2, 0) is 27.9 Å². The minimum absolute atomic E-state index is 0.0579. The lowest BCUT2D eigenvalue weighted by Crippen LogP contribution is -2.40. The largest absolute Gasteiger partial charge is 0.337 e. The Kier molecular flexibility index (Phi) is 6.86. The summed E-state index contributed by atoms with van der Waals surface area (Å²) in [6, 6.07) is 16.1. The highest BCUT2D eigenvalue weighted by Gasteiger charge is 2.23. The quantitative estimate of drug-likeness (QED) is 0.525. The maximum atomic E-state index is 12.6. The highest BCUT2D eigenvalue weighted by atomic mass is 35.5. The molecule has 0 unspecified atom stereocenters. The smallest absolute Gasteiger partial charge is 0.246 e. The summed E-state index contributed by atoms with van der Waals surface area (Å²) in [4.78, 5) is 18.3. The molecule has 30 heavy (non-hydrogen) atoms. The number of carbonyl (C=O) groups is 1. The van der Waals surface area contributed by atoms with Crippen molar-refractivity contribution in [1.82, 2.24) is 19.3 Å². The predicted molar refractivity (Wildman–Crippen MR) is 113 cm³/mol. The number of benzene rings is 2. The van der Waals surface area contributed by atoms with Crippen molar-refractivity contribution in [2.45, 2.75) is 13.1 Å². The number of hydrogen-bond acceptors (Lipinski definition) is 6. The molecule has 1 heterocycles. The minimum Gasteiger partial charge on any atom is -0.337 e. The number of sulfonamides is 1. The Morgan fingerprint density at radius 2 is 1.73 bits per heavy atom. The topological polar surface area (TPSA) is 96.6 Å². The van der Waals surface area contributed by atoms with Crippen molar-refractivity contribution < 1.29 is 17.7 Å². The molecule has 0 bridgehead atoms. The van der Waals surface area contributed by atoms with Gasteiger partial charge in [0.15, 0.2) is 0 Å². The van der Waals surface area contributed by atoms with Crippen LogP contribution in [-0.4, -0.2) is 53.5 Å². The van der Waals surface area contributed by atoms with Crippen LogP contribution >= 0.6 is 11.6 Å². The zero-order valence-corrected chi connectivity index (χ0v) is 18.1. The first-order chi connectivity index (χ1) is 14.2. The van der Waals surface area contributed by atoms with Crippen LogP contribution in [0.3, 0.4) is 0 Å². The van der Waals surface area contributed by atoms with Gasteiger partial charge in [0.2, 0.25) is 27.6 Å². The Morgan fingerprint density at radius 3 is 2.37 bits per heavy atom. The summed E-state index contributed by atoms with van der Waals surface area (Å²) in [6.07, 6.45) is 1.08. The highest BCUT2D eigenvalue weighted by Crippen LogP contribution is 2.19. The molecule has 0 fully saturated rings. The van der Waals surface area contributed by atoms with Crippen LogP contribution in [0.15, 0.2) is 59.1 Å². The molecule has 1 amide bonds. The summed E-state index contributed by atoms with van der Waals surface area (Å²) < 4.78 is 30.6. The molecular formula is C20H21ClN4O4S. The van der Waals surface area contributed by atoms with Gasteiger partial charge in [-0.15, -0.1) is 0 Å². The van der Waals surface area contributed by atoms with Gasteiger partial charge in [0.05, 0.1) is 19.3 Å². The maximum Gasteiger partial charge on any atom is 0.246 e. The van der Waals surface area contributed by atoms with Gasteiger partial charge in [-0.1, -0.05) is 47.1 Å². The monoisotopic (exact) mass is 448 g/mol. The first-order valence-corrected chi connectivity index (χ1v) is 11.3. The number of amides is 1. The molecule has 0 aliphatic heterocycles. The Hall–Kier alpha value is -2.75. The normalized spacial score (nSPS) is 11.6. The lowest BCUT2D eigenvalue weighted by molar-refractivity contribution is -0.131. The molecule has 0 aliphatic rings. The van der Waals surface area contributed by atoms with E-state index in [1.165, 1.54) is 4.90 Å². The van der Waals surface area contributed by atoms with E-state index < -0.39 is 10.0 Å². The summed E-state index contributed by atoms with van der Waals surface area (Å²) in [5.41, 5.74) is 1.53. The van der Waals surface area contributed by atoms with Crippen LogP contribution in [0.2, 0.25) is 5.02 Å². The standard InChI is InChI=1S/C20H21ClN4O4S/c1-24(13-18-22-20(23-29-18)16-8-10-17(21)11-9-16)19(26)14-25(30(2,27)28)12-15-6-4-3-5-7-15/h3-11H,12-14H2,1-2H3. The van der Waals surface area contributed by atoms with E-state index in [0.29, 0.717) is 10.8 Å². The molecule has 0 radical (unpaired) electrons. The zero-order chi connectivity index (χ0) is 21.7. The fraction of sp³-hybridized carbons (Fsp3) is 0.250. The lowest BCUT2D eigenvalue weighted by atomic mass is 10.2. The molecule has 0 aliphatic carbocycles. The summed E-state index contributed by atoms with van der Waals surface area (Å²) in [7, 11) is -2.02. The lowest BCUT2D eigenvalue weighted by Gasteiger charge is -2.22. The van der Waals surface area contributed by atoms with Gasteiger partial charge in [-0.05, 0) is 29.8 Å². The molecular weight excluding hydrogens is 428 g/mol. The van der Waals surface area contributed by atoms with Crippen LogP contribution < -0.4 is 0 Å². The molecule has 2 aromatic carbocycles. The van der Waals surface area contributed by atoms with E-state index >= 15 is 0 Å². The first kappa shape index (κ1) is 21.9. The summed E-state index contributed by atoms with van der Waals surface area (Å²) >= 11 is 5.88. The van der Waals surface area contributed by atoms with Crippen molar-refractivity contribution in [3.8, 4) is 11.4 Å². The van der Waals surface area contributed by atoms with Gasteiger partial charge in [-0.2, -0.15) is 9.29 Å². The van der Waals surface area contributed by atoms with Gasteiger partial charge in [0.25, 0.3) is 0 Å². The summed E-state index contributed by atoms with van der Waals surface area (Å²) in [6.45, 7) is -0.120. The number of rotatable bonds is 8. The third-order valence-electron chi connectivity index (χ3n) is 4.35. The van der Waals surface area contributed by atoms with Crippen LogP contribution in [0.5, 0.6) is 0 Å². The molecule has 1 aromatic heterocycles. The van der Waals surface area contributed by atoms with Gasteiger partial charge >= 0.3 is 0 Å². The Labute approximate surface area is 180 Å². The van der Waals surface area contributed by atoms with E-state index in [-0.39, 0.29) is 31.4 Å². The zero-order valence-electron chi connectivity index (χ0n) is 16.5. The van der Waals surface area contributed by atoms with E-state index in [4.69, 9.17) is 16.1 Å². The Bertz CT molecular complexity index is 1100. The number of halogens is 1. The second kappa shape index (κ2) is 9.38.